The van der Waals surface area contributed by atoms with Crippen molar-refractivity contribution >= 4 is 71.2 Å². The van der Waals surface area contributed by atoms with Gasteiger partial charge in [-0.25, -0.2) is 5.43 Å². The van der Waals surface area contributed by atoms with Crippen molar-refractivity contribution in [2.75, 3.05) is 6.61 Å². The van der Waals surface area contributed by atoms with Crippen molar-refractivity contribution in [3.8, 4) is 5.75 Å². The van der Waals surface area contributed by atoms with Crippen molar-refractivity contribution < 1.29 is 9.53 Å². The summed E-state index contributed by atoms with van der Waals surface area (Å²) in [7, 11) is 0. The number of nitrogens with zero attached hydrogens (tertiary/aromatic N) is 1. The number of thiophene rings is 1. The van der Waals surface area contributed by atoms with Crippen LogP contribution in [0, 0.1) is 0 Å². The Morgan fingerprint density at radius 1 is 1.29 bits per heavy atom. The van der Waals surface area contributed by atoms with E-state index in [0.717, 1.165) is 17.6 Å². The molecule has 0 aliphatic rings. The van der Waals surface area contributed by atoms with Gasteiger partial charge in [-0.15, -0.1) is 11.3 Å². The highest BCUT2D eigenvalue weighted by atomic mass is 79.9. The van der Waals surface area contributed by atoms with Crippen LogP contribution in [0.2, 0.25) is 0 Å². The van der Waals surface area contributed by atoms with Crippen LogP contribution in [0.25, 0.3) is 0 Å². The van der Waals surface area contributed by atoms with Crippen LogP contribution in [0.5, 0.6) is 5.75 Å². The first kappa shape index (κ1) is 16.7. The van der Waals surface area contributed by atoms with E-state index in [1.54, 1.807) is 12.3 Å². The number of carbonyl (C=O) groups is 1. The van der Waals surface area contributed by atoms with Gasteiger partial charge in [0.05, 0.1) is 14.5 Å². The van der Waals surface area contributed by atoms with E-state index in [9.17, 15) is 4.79 Å². The summed E-state index contributed by atoms with van der Waals surface area (Å²) in [5.74, 6) is 0.274. The molecule has 1 N–H and O–H groups in total. The zero-order chi connectivity index (χ0) is 15.2. The molecule has 110 valence electrons. The van der Waals surface area contributed by atoms with Gasteiger partial charge in [0.1, 0.15) is 5.75 Å². The van der Waals surface area contributed by atoms with Crippen LogP contribution in [-0.2, 0) is 4.79 Å². The second-order valence-electron chi connectivity index (χ2n) is 3.80. The maximum Gasteiger partial charge on any atom is 0.277 e. The average Bonchev–Trinajstić information content (AvgIpc) is 2.83. The number of benzene rings is 1. The molecule has 1 aromatic carbocycles. The van der Waals surface area contributed by atoms with E-state index >= 15 is 0 Å². The zero-order valence-electron chi connectivity index (χ0n) is 10.5. The monoisotopic (exact) mass is 494 g/mol. The topological polar surface area (TPSA) is 50.7 Å². The third-order valence-corrected chi connectivity index (χ3v) is 4.90. The molecule has 21 heavy (non-hydrogen) atoms. The molecule has 0 aliphatic carbocycles. The molecular formula is C13H9Br3N2O2S. The molecule has 0 aliphatic heterocycles. The number of nitrogens with one attached hydrogen (secondary N) is 1. The highest BCUT2D eigenvalue weighted by Crippen LogP contribution is 2.28. The molecule has 4 nitrogen and oxygen atoms in total. The van der Waals surface area contributed by atoms with Crippen LogP contribution >= 0.6 is 59.1 Å². The molecule has 0 fully saturated rings. The van der Waals surface area contributed by atoms with Gasteiger partial charge in [-0.3, -0.25) is 4.79 Å². The number of carbonyl (C=O) groups excluding carboxylic acids is 1. The smallest absolute Gasteiger partial charge is 0.277 e. The Balaban J connectivity index is 1.81. The summed E-state index contributed by atoms with van der Waals surface area (Å²) in [6.07, 6.45) is 1.59. The average molecular weight is 497 g/mol. The highest BCUT2D eigenvalue weighted by Gasteiger charge is 2.05. The summed E-state index contributed by atoms with van der Waals surface area (Å²) in [6, 6.07) is 9.28. The molecule has 0 unspecified atom stereocenters. The van der Waals surface area contributed by atoms with Crippen molar-refractivity contribution in [3.05, 3.63) is 47.9 Å². The van der Waals surface area contributed by atoms with Gasteiger partial charge in [0, 0.05) is 9.35 Å². The van der Waals surface area contributed by atoms with Crippen LogP contribution in [0.1, 0.15) is 4.88 Å². The molecular weight excluding hydrogens is 488 g/mol. The SMILES string of the molecule is O=C(COc1ccc(Br)cc1Br)N/N=C/c1ccc(Br)s1. The third kappa shape index (κ3) is 5.54. The van der Waals surface area contributed by atoms with Crippen molar-refractivity contribution in [1.29, 1.82) is 0 Å². The third-order valence-electron chi connectivity index (χ3n) is 2.23. The van der Waals surface area contributed by atoms with Gasteiger partial charge < -0.3 is 4.74 Å². The molecule has 1 heterocycles. The van der Waals surface area contributed by atoms with Crippen LogP contribution in [0.3, 0.4) is 0 Å². The maximum atomic E-state index is 11.6. The Kier molecular flexibility index (Phi) is 6.40. The maximum absolute atomic E-state index is 11.6. The minimum absolute atomic E-state index is 0.105. The Morgan fingerprint density at radius 2 is 2.10 bits per heavy atom. The van der Waals surface area contributed by atoms with Gasteiger partial charge in [0.15, 0.2) is 6.61 Å². The number of hydrogen-bond donors (Lipinski definition) is 1. The van der Waals surface area contributed by atoms with Crippen molar-refractivity contribution in [1.82, 2.24) is 5.43 Å². The number of hydrogen-bond acceptors (Lipinski definition) is 4. The van der Waals surface area contributed by atoms with Gasteiger partial charge in [0.25, 0.3) is 5.91 Å². The van der Waals surface area contributed by atoms with E-state index < -0.39 is 0 Å². The second-order valence-corrected chi connectivity index (χ2v) is 8.06. The Bertz CT molecular complexity index is 673. The first-order valence-corrected chi connectivity index (χ1v) is 8.89. The second kappa shape index (κ2) is 8.07. The number of hydrazone groups is 1. The van der Waals surface area contributed by atoms with Crippen molar-refractivity contribution in [2.45, 2.75) is 0 Å². The summed E-state index contributed by atoms with van der Waals surface area (Å²) >= 11 is 11.6. The standard InChI is InChI=1S/C13H9Br3N2O2S/c14-8-1-3-11(10(15)5-8)20-7-13(19)18-17-6-9-2-4-12(16)21-9/h1-6H,7H2,(H,18,19)/b17-6+. The van der Waals surface area contributed by atoms with Gasteiger partial charge >= 0.3 is 0 Å². The van der Waals surface area contributed by atoms with Gasteiger partial charge in [0.2, 0.25) is 0 Å². The number of ether oxygens (including phenoxy) is 1. The van der Waals surface area contributed by atoms with Crippen LogP contribution < -0.4 is 10.2 Å². The first-order chi connectivity index (χ1) is 10.0. The molecule has 0 radical (unpaired) electrons. The summed E-state index contributed by atoms with van der Waals surface area (Å²) in [6.45, 7) is -0.105. The highest BCUT2D eigenvalue weighted by molar-refractivity contribution is 9.11. The molecule has 2 rings (SSSR count). The van der Waals surface area contributed by atoms with E-state index in [1.807, 2.05) is 24.3 Å². The molecule has 8 heteroatoms. The number of halogens is 3. The summed E-state index contributed by atoms with van der Waals surface area (Å²) in [5.41, 5.74) is 2.41. The molecule has 2 aromatic rings. The molecule has 0 saturated carbocycles. The summed E-state index contributed by atoms with van der Waals surface area (Å²) < 4.78 is 8.12. The van der Waals surface area contributed by atoms with E-state index in [2.05, 4.69) is 58.3 Å². The van der Waals surface area contributed by atoms with Gasteiger partial charge in [-0.1, -0.05) is 15.9 Å². The Labute approximate surface area is 151 Å². The van der Waals surface area contributed by atoms with Crippen LogP contribution in [-0.4, -0.2) is 18.7 Å². The van der Waals surface area contributed by atoms with E-state index in [-0.39, 0.29) is 12.5 Å². The predicted octanol–water partition coefficient (Wildman–Crippen LogP) is 4.56. The zero-order valence-corrected chi connectivity index (χ0v) is 16.1. The lowest BCUT2D eigenvalue weighted by Gasteiger charge is -2.07. The van der Waals surface area contributed by atoms with Crippen LogP contribution in [0.15, 0.2) is 48.2 Å². The lowest BCUT2D eigenvalue weighted by Crippen LogP contribution is -2.24. The number of rotatable bonds is 5. The van der Waals surface area contributed by atoms with Crippen molar-refractivity contribution in [2.24, 2.45) is 5.10 Å². The van der Waals surface area contributed by atoms with Gasteiger partial charge in [-0.2, -0.15) is 5.10 Å². The normalized spacial score (nSPS) is 10.8. The molecule has 1 aromatic heterocycles. The fourth-order valence-corrected chi connectivity index (χ4v) is 3.79. The Morgan fingerprint density at radius 3 is 2.76 bits per heavy atom. The molecule has 0 saturated heterocycles. The van der Waals surface area contributed by atoms with E-state index in [0.29, 0.717) is 5.75 Å². The van der Waals surface area contributed by atoms with E-state index in [4.69, 9.17) is 4.74 Å². The number of amides is 1. The lowest BCUT2D eigenvalue weighted by atomic mass is 10.3. The fraction of sp³-hybridized carbons (Fsp3) is 0.0769. The Hall–Kier alpha value is -0.700. The lowest BCUT2D eigenvalue weighted by molar-refractivity contribution is -0.123. The van der Waals surface area contributed by atoms with Crippen LogP contribution in [0.4, 0.5) is 0 Å². The van der Waals surface area contributed by atoms with E-state index in [1.165, 1.54) is 11.3 Å². The minimum atomic E-state index is -0.323. The molecule has 1 amide bonds. The van der Waals surface area contributed by atoms with Crippen molar-refractivity contribution in [3.63, 3.8) is 0 Å². The first-order valence-electron chi connectivity index (χ1n) is 5.69. The molecule has 0 spiro atoms. The fourth-order valence-electron chi connectivity index (χ4n) is 1.33. The molecule has 0 bridgehead atoms. The molecule has 0 atom stereocenters. The predicted molar refractivity (Wildman–Crippen MR) is 95.1 cm³/mol. The summed E-state index contributed by atoms with van der Waals surface area (Å²) in [5, 5.41) is 3.87. The van der Waals surface area contributed by atoms with Gasteiger partial charge in [-0.05, 0) is 62.2 Å². The summed E-state index contributed by atoms with van der Waals surface area (Å²) in [4.78, 5) is 12.6. The quantitative estimate of drug-likeness (QED) is 0.487. The largest absolute Gasteiger partial charge is 0.483 e. The minimum Gasteiger partial charge on any atom is -0.483 e.